The van der Waals surface area contributed by atoms with Crippen molar-refractivity contribution in [3.05, 3.63) is 22.7 Å². The Morgan fingerprint density at radius 3 is 2.55 bits per heavy atom. The van der Waals surface area contributed by atoms with Crippen molar-refractivity contribution < 1.29 is 9.53 Å². The number of nitrogens with one attached hydrogen (secondary N) is 1. The van der Waals surface area contributed by atoms with Gasteiger partial charge in [-0.25, -0.2) is 9.97 Å². The Morgan fingerprint density at radius 1 is 1.40 bits per heavy atom. The van der Waals surface area contributed by atoms with E-state index >= 15 is 0 Å². The molecule has 1 aromatic heterocycles. The molecule has 0 aliphatic rings. The summed E-state index contributed by atoms with van der Waals surface area (Å²) in [6, 6.07) is -0.0824. The first-order valence-electron chi connectivity index (χ1n) is 6.69. The van der Waals surface area contributed by atoms with Gasteiger partial charge in [0.05, 0.1) is 23.9 Å². The van der Waals surface area contributed by atoms with Crippen LogP contribution >= 0.6 is 11.6 Å². The van der Waals surface area contributed by atoms with Gasteiger partial charge in [0.2, 0.25) is 0 Å². The third-order valence-corrected chi connectivity index (χ3v) is 3.24. The van der Waals surface area contributed by atoms with E-state index in [0.29, 0.717) is 12.4 Å². The summed E-state index contributed by atoms with van der Waals surface area (Å²) in [7, 11) is 1.61. The molecule has 0 aliphatic carbocycles. The van der Waals surface area contributed by atoms with Crippen LogP contribution in [-0.4, -0.2) is 35.6 Å². The van der Waals surface area contributed by atoms with Gasteiger partial charge in [-0.05, 0) is 5.92 Å². The van der Waals surface area contributed by atoms with Crippen molar-refractivity contribution in [3.8, 4) is 0 Å². The van der Waals surface area contributed by atoms with E-state index in [2.05, 4.69) is 15.3 Å². The molecule has 112 valence electrons. The molecule has 1 atom stereocenters. The van der Waals surface area contributed by atoms with Crippen LogP contribution in [0.4, 0.5) is 0 Å². The molecule has 1 aromatic rings. The van der Waals surface area contributed by atoms with Crippen LogP contribution in [0, 0.1) is 5.92 Å². The Labute approximate surface area is 125 Å². The van der Waals surface area contributed by atoms with E-state index in [1.54, 1.807) is 7.11 Å². The molecule has 6 heteroatoms. The molecule has 1 N–H and O–H groups in total. The molecular formula is C14H22ClN3O2. The van der Waals surface area contributed by atoms with Gasteiger partial charge in [0.15, 0.2) is 0 Å². The van der Waals surface area contributed by atoms with E-state index < -0.39 is 0 Å². The molecule has 0 spiro atoms. The molecule has 1 rings (SSSR count). The van der Waals surface area contributed by atoms with Crippen molar-refractivity contribution in [2.24, 2.45) is 5.92 Å². The van der Waals surface area contributed by atoms with Gasteiger partial charge in [-0.1, -0.05) is 39.3 Å². The van der Waals surface area contributed by atoms with Gasteiger partial charge < -0.3 is 10.1 Å². The highest BCUT2D eigenvalue weighted by Gasteiger charge is 2.21. The van der Waals surface area contributed by atoms with Crippen molar-refractivity contribution in [1.29, 1.82) is 0 Å². The Bertz CT molecular complexity index is 464. The molecule has 0 bridgehead atoms. The van der Waals surface area contributed by atoms with E-state index in [1.807, 2.05) is 27.7 Å². The second-order valence-electron chi connectivity index (χ2n) is 5.36. The molecule has 0 fully saturated rings. The van der Waals surface area contributed by atoms with Crippen molar-refractivity contribution in [3.63, 3.8) is 0 Å². The number of hydrogen-bond donors (Lipinski definition) is 1. The molecule has 1 amide bonds. The van der Waals surface area contributed by atoms with Crippen LogP contribution in [-0.2, 0) is 4.74 Å². The van der Waals surface area contributed by atoms with Crippen LogP contribution in [0.2, 0.25) is 5.02 Å². The molecule has 0 radical (unpaired) electrons. The lowest BCUT2D eigenvalue weighted by Crippen LogP contribution is -2.42. The number of methoxy groups -OCH3 is 1. The minimum absolute atomic E-state index is 0.0824. The zero-order valence-corrected chi connectivity index (χ0v) is 13.4. The maximum absolute atomic E-state index is 12.3. The first kappa shape index (κ1) is 16.9. The summed E-state index contributed by atoms with van der Waals surface area (Å²) in [4.78, 5) is 20.7. The maximum atomic E-state index is 12.3. The van der Waals surface area contributed by atoms with Gasteiger partial charge in [0.1, 0.15) is 11.5 Å². The minimum atomic E-state index is -0.296. The SMILES string of the molecule is COCC(NC(=O)c1nc(C(C)C)ncc1Cl)C(C)C. The van der Waals surface area contributed by atoms with Crippen molar-refractivity contribution in [1.82, 2.24) is 15.3 Å². The molecule has 5 nitrogen and oxygen atoms in total. The number of carbonyl (C=O) groups is 1. The lowest BCUT2D eigenvalue weighted by molar-refractivity contribution is 0.0861. The van der Waals surface area contributed by atoms with E-state index in [0.717, 1.165) is 0 Å². The molecule has 20 heavy (non-hydrogen) atoms. The first-order valence-corrected chi connectivity index (χ1v) is 7.06. The van der Waals surface area contributed by atoms with Crippen LogP contribution in [0.3, 0.4) is 0 Å². The monoisotopic (exact) mass is 299 g/mol. The Balaban J connectivity index is 2.93. The number of hydrogen-bond acceptors (Lipinski definition) is 4. The summed E-state index contributed by atoms with van der Waals surface area (Å²) in [6.07, 6.45) is 1.47. The summed E-state index contributed by atoms with van der Waals surface area (Å²) >= 11 is 6.02. The smallest absolute Gasteiger partial charge is 0.271 e. The fourth-order valence-corrected chi connectivity index (χ4v) is 1.81. The number of halogens is 1. The van der Waals surface area contributed by atoms with Gasteiger partial charge in [-0.3, -0.25) is 4.79 Å². The largest absolute Gasteiger partial charge is 0.383 e. The van der Waals surface area contributed by atoms with E-state index in [-0.39, 0.29) is 34.5 Å². The molecular weight excluding hydrogens is 278 g/mol. The summed E-state index contributed by atoms with van der Waals surface area (Å²) in [5.41, 5.74) is 0.215. The predicted molar refractivity (Wildman–Crippen MR) is 79.1 cm³/mol. The van der Waals surface area contributed by atoms with E-state index in [9.17, 15) is 4.79 Å². The summed E-state index contributed by atoms with van der Waals surface area (Å²) in [6.45, 7) is 8.42. The second-order valence-corrected chi connectivity index (χ2v) is 5.77. The Kier molecular flexibility index (Phi) is 6.36. The number of ether oxygens (including phenoxy) is 1. The number of aromatic nitrogens is 2. The highest BCUT2D eigenvalue weighted by atomic mass is 35.5. The zero-order valence-electron chi connectivity index (χ0n) is 12.6. The zero-order chi connectivity index (χ0) is 15.3. The molecule has 1 unspecified atom stereocenters. The normalized spacial score (nSPS) is 12.8. The van der Waals surface area contributed by atoms with Crippen molar-refractivity contribution in [2.45, 2.75) is 39.7 Å². The molecule has 1 heterocycles. The fraction of sp³-hybridized carbons (Fsp3) is 0.643. The fourth-order valence-electron chi connectivity index (χ4n) is 1.64. The predicted octanol–water partition coefficient (Wildman–Crippen LogP) is 2.65. The van der Waals surface area contributed by atoms with E-state index in [4.69, 9.17) is 16.3 Å². The van der Waals surface area contributed by atoms with E-state index in [1.165, 1.54) is 6.20 Å². The maximum Gasteiger partial charge on any atom is 0.271 e. The van der Waals surface area contributed by atoms with Crippen LogP contribution < -0.4 is 5.32 Å². The van der Waals surface area contributed by atoms with Crippen LogP contribution in [0.5, 0.6) is 0 Å². The van der Waals surface area contributed by atoms with Crippen molar-refractivity contribution >= 4 is 17.5 Å². The number of rotatable bonds is 6. The quantitative estimate of drug-likeness (QED) is 0.877. The minimum Gasteiger partial charge on any atom is -0.383 e. The van der Waals surface area contributed by atoms with Crippen LogP contribution in [0.1, 0.15) is 49.9 Å². The third-order valence-electron chi connectivity index (χ3n) is 2.96. The number of carbonyl (C=O) groups excluding carboxylic acids is 1. The average Bonchev–Trinajstić information content (AvgIpc) is 2.38. The van der Waals surface area contributed by atoms with Crippen LogP contribution in [0.15, 0.2) is 6.20 Å². The lowest BCUT2D eigenvalue weighted by atomic mass is 10.1. The van der Waals surface area contributed by atoms with Gasteiger partial charge in [-0.15, -0.1) is 0 Å². The highest BCUT2D eigenvalue weighted by Crippen LogP contribution is 2.16. The van der Waals surface area contributed by atoms with Gasteiger partial charge >= 0.3 is 0 Å². The molecule has 0 saturated heterocycles. The topological polar surface area (TPSA) is 64.1 Å². The Morgan fingerprint density at radius 2 is 2.05 bits per heavy atom. The van der Waals surface area contributed by atoms with Crippen molar-refractivity contribution in [2.75, 3.05) is 13.7 Å². The number of amides is 1. The summed E-state index contributed by atoms with van der Waals surface area (Å²) < 4.78 is 5.11. The second kappa shape index (κ2) is 7.55. The molecule has 0 aliphatic heterocycles. The third kappa shape index (κ3) is 4.42. The summed E-state index contributed by atoms with van der Waals surface area (Å²) in [5, 5.41) is 3.16. The standard InChI is InChI=1S/C14H22ClN3O2/c1-8(2)11(7-20-5)17-14(19)12-10(15)6-16-13(18-12)9(3)4/h6,8-9,11H,7H2,1-5H3,(H,17,19). The highest BCUT2D eigenvalue weighted by molar-refractivity contribution is 6.33. The number of nitrogens with zero attached hydrogens (tertiary/aromatic N) is 2. The molecule has 0 saturated carbocycles. The van der Waals surface area contributed by atoms with Crippen LogP contribution in [0.25, 0.3) is 0 Å². The van der Waals surface area contributed by atoms with Gasteiger partial charge in [0.25, 0.3) is 5.91 Å². The first-order chi connectivity index (χ1) is 9.36. The Hall–Kier alpha value is -1.20. The molecule has 0 aromatic carbocycles. The average molecular weight is 300 g/mol. The lowest BCUT2D eigenvalue weighted by Gasteiger charge is -2.21. The summed E-state index contributed by atoms with van der Waals surface area (Å²) in [5.74, 6) is 0.699. The van der Waals surface area contributed by atoms with Gasteiger partial charge in [-0.2, -0.15) is 0 Å². The van der Waals surface area contributed by atoms with Gasteiger partial charge in [0, 0.05) is 13.0 Å².